The van der Waals surface area contributed by atoms with E-state index in [1.165, 1.54) is 18.2 Å². The second kappa shape index (κ2) is 9.98. The van der Waals surface area contributed by atoms with Gasteiger partial charge in [-0.2, -0.15) is 4.98 Å². The predicted molar refractivity (Wildman–Crippen MR) is 110 cm³/mol. The molecule has 3 rings (SSSR count). The Morgan fingerprint density at radius 2 is 1.81 bits per heavy atom. The molecule has 10 heteroatoms. The second-order valence-corrected chi connectivity index (χ2v) is 6.35. The van der Waals surface area contributed by atoms with Gasteiger partial charge in [-0.15, -0.1) is 13.2 Å². The van der Waals surface area contributed by atoms with Gasteiger partial charge in [-0.25, -0.2) is 4.98 Å². The van der Waals surface area contributed by atoms with Crippen LogP contribution in [-0.2, 0) is 6.54 Å². The Balaban J connectivity index is 1.89. The van der Waals surface area contributed by atoms with E-state index < -0.39 is 6.36 Å². The van der Waals surface area contributed by atoms with Crippen LogP contribution in [0.15, 0.2) is 54.6 Å². The predicted octanol–water partition coefficient (Wildman–Crippen LogP) is 4.07. The molecule has 31 heavy (non-hydrogen) atoms. The summed E-state index contributed by atoms with van der Waals surface area (Å²) >= 11 is 0. The highest BCUT2D eigenvalue weighted by atomic mass is 19.4. The number of ether oxygens (including phenoxy) is 2. The SMILES string of the molecule is COc1ccccc1CNc1cc(-c2cccc(OC(F)(F)F)c2)nc(NCCO)n1. The Hall–Kier alpha value is -3.53. The number of hydrogen-bond donors (Lipinski definition) is 3. The fourth-order valence-corrected chi connectivity index (χ4v) is 2.82. The second-order valence-electron chi connectivity index (χ2n) is 6.35. The molecule has 0 aliphatic carbocycles. The molecule has 0 atom stereocenters. The highest BCUT2D eigenvalue weighted by Crippen LogP contribution is 2.29. The molecule has 0 aliphatic rings. The average molecular weight is 434 g/mol. The number of aromatic nitrogens is 2. The van der Waals surface area contributed by atoms with Gasteiger partial charge in [-0.1, -0.05) is 30.3 Å². The van der Waals surface area contributed by atoms with Gasteiger partial charge in [0.1, 0.15) is 17.3 Å². The summed E-state index contributed by atoms with van der Waals surface area (Å²) in [7, 11) is 1.58. The monoisotopic (exact) mass is 434 g/mol. The number of alkyl halides is 3. The lowest BCUT2D eigenvalue weighted by atomic mass is 10.1. The van der Waals surface area contributed by atoms with Crippen molar-refractivity contribution in [3.8, 4) is 22.8 Å². The number of methoxy groups -OCH3 is 1. The summed E-state index contributed by atoms with van der Waals surface area (Å²) < 4.78 is 47.0. The molecule has 0 fully saturated rings. The molecule has 164 valence electrons. The molecule has 0 radical (unpaired) electrons. The molecule has 1 aromatic heterocycles. The number of aliphatic hydroxyl groups is 1. The van der Waals surface area contributed by atoms with Crippen molar-refractivity contribution in [2.75, 3.05) is 30.9 Å². The molecule has 0 saturated heterocycles. The fourth-order valence-electron chi connectivity index (χ4n) is 2.82. The van der Waals surface area contributed by atoms with E-state index in [0.29, 0.717) is 29.4 Å². The van der Waals surface area contributed by atoms with E-state index >= 15 is 0 Å². The summed E-state index contributed by atoms with van der Waals surface area (Å²) in [4.78, 5) is 8.68. The zero-order chi connectivity index (χ0) is 22.3. The number of nitrogens with zero attached hydrogens (tertiary/aromatic N) is 2. The van der Waals surface area contributed by atoms with Crippen molar-refractivity contribution in [1.82, 2.24) is 9.97 Å². The molecular weight excluding hydrogens is 413 g/mol. The van der Waals surface area contributed by atoms with Gasteiger partial charge in [0.2, 0.25) is 5.95 Å². The summed E-state index contributed by atoms with van der Waals surface area (Å²) in [6.45, 7) is 0.482. The van der Waals surface area contributed by atoms with Crippen LogP contribution in [0.25, 0.3) is 11.3 Å². The number of anilines is 2. The first-order valence-electron chi connectivity index (χ1n) is 9.33. The van der Waals surface area contributed by atoms with Crippen molar-refractivity contribution >= 4 is 11.8 Å². The minimum atomic E-state index is -4.79. The van der Waals surface area contributed by atoms with E-state index in [1.807, 2.05) is 24.3 Å². The van der Waals surface area contributed by atoms with Gasteiger partial charge in [-0.05, 0) is 18.2 Å². The number of nitrogens with one attached hydrogen (secondary N) is 2. The normalized spacial score (nSPS) is 11.1. The minimum absolute atomic E-state index is 0.132. The molecule has 0 aliphatic heterocycles. The van der Waals surface area contributed by atoms with Crippen LogP contribution >= 0.6 is 0 Å². The third kappa shape index (κ3) is 6.48. The van der Waals surface area contributed by atoms with Gasteiger partial charge in [0.25, 0.3) is 0 Å². The zero-order valence-corrected chi connectivity index (χ0v) is 16.6. The van der Waals surface area contributed by atoms with E-state index in [1.54, 1.807) is 19.2 Å². The quantitative estimate of drug-likeness (QED) is 0.468. The van der Waals surface area contributed by atoms with Crippen molar-refractivity contribution in [3.05, 3.63) is 60.2 Å². The van der Waals surface area contributed by atoms with E-state index in [0.717, 1.165) is 5.56 Å². The largest absolute Gasteiger partial charge is 0.573 e. The third-order valence-electron chi connectivity index (χ3n) is 4.14. The molecular formula is C21H21F3N4O3. The Morgan fingerprint density at radius 1 is 1.00 bits per heavy atom. The average Bonchev–Trinajstić information content (AvgIpc) is 2.75. The lowest BCUT2D eigenvalue weighted by molar-refractivity contribution is -0.274. The molecule has 0 unspecified atom stereocenters. The van der Waals surface area contributed by atoms with Crippen LogP contribution in [0.5, 0.6) is 11.5 Å². The summed E-state index contributed by atoms with van der Waals surface area (Å²) in [6, 6.07) is 14.6. The van der Waals surface area contributed by atoms with E-state index in [-0.39, 0.29) is 24.8 Å². The zero-order valence-electron chi connectivity index (χ0n) is 16.6. The third-order valence-corrected chi connectivity index (χ3v) is 4.14. The first-order chi connectivity index (χ1) is 14.9. The lowest BCUT2D eigenvalue weighted by Gasteiger charge is -2.13. The molecule has 0 bridgehead atoms. The van der Waals surface area contributed by atoms with Crippen molar-refractivity contribution in [1.29, 1.82) is 0 Å². The Labute approximate surface area is 176 Å². The molecule has 3 N–H and O–H groups in total. The molecule has 7 nitrogen and oxygen atoms in total. The molecule has 0 saturated carbocycles. The first-order valence-corrected chi connectivity index (χ1v) is 9.33. The lowest BCUT2D eigenvalue weighted by Crippen LogP contribution is -2.17. The van der Waals surface area contributed by atoms with Gasteiger partial charge in [0.15, 0.2) is 0 Å². The standard InChI is InChI=1S/C21H21F3N4O3/c1-30-18-8-3-2-5-15(18)13-26-19-12-17(27-20(28-19)25-9-10-29)14-6-4-7-16(11-14)31-21(22,23)24/h2-8,11-12,29H,9-10,13H2,1H3,(H2,25,26,27,28). The van der Waals surface area contributed by atoms with Crippen LogP contribution in [0.3, 0.4) is 0 Å². The number of para-hydroxylation sites is 1. The summed E-state index contributed by atoms with van der Waals surface area (Å²) in [5.41, 5.74) is 1.69. The van der Waals surface area contributed by atoms with Crippen molar-refractivity contribution in [3.63, 3.8) is 0 Å². The van der Waals surface area contributed by atoms with Crippen molar-refractivity contribution < 1.29 is 27.8 Å². The number of hydrogen-bond acceptors (Lipinski definition) is 7. The minimum Gasteiger partial charge on any atom is -0.496 e. The molecule has 3 aromatic rings. The molecule has 1 heterocycles. The van der Waals surface area contributed by atoms with Crippen LogP contribution in [0.4, 0.5) is 24.9 Å². The summed E-state index contributed by atoms with van der Waals surface area (Å²) in [6.07, 6.45) is -4.79. The van der Waals surface area contributed by atoms with Gasteiger partial charge in [0, 0.05) is 30.3 Å². The number of halogens is 3. The fraction of sp³-hybridized carbons (Fsp3) is 0.238. The smallest absolute Gasteiger partial charge is 0.496 e. The van der Waals surface area contributed by atoms with Gasteiger partial charge >= 0.3 is 6.36 Å². The maximum Gasteiger partial charge on any atom is 0.573 e. The molecule has 0 amide bonds. The van der Waals surface area contributed by atoms with Crippen LogP contribution in [0, 0.1) is 0 Å². The van der Waals surface area contributed by atoms with Crippen molar-refractivity contribution in [2.45, 2.75) is 12.9 Å². The maximum absolute atomic E-state index is 12.6. The van der Waals surface area contributed by atoms with E-state index in [9.17, 15) is 13.2 Å². The Morgan fingerprint density at radius 3 is 2.55 bits per heavy atom. The van der Waals surface area contributed by atoms with Gasteiger partial charge in [0.05, 0.1) is 19.4 Å². The van der Waals surface area contributed by atoms with Crippen LogP contribution in [0.2, 0.25) is 0 Å². The summed E-state index contributed by atoms with van der Waals surface area (Å²) in [5, 5.41) is 15.1. The van der Waals surface area contributed by atoms with Crippen LogP contribution in [-0.4, -0.2) is 41.7 Å². The van der Waals surface area contributed by atoms with E-state index in [2.05, 4.69) is 25.3 Å². The maximum atomic E-state index is 12.6. The Kier molecular flexibility index (Phi) is 7.14. The first kappa shape index (κ1) is 22.2. The van der Waals surface area contributed by atoms with Crippen molar-refractivity contribution in [2.24, 2.45) is 0 Å². The van der Waals surface area contributed by atoms with Crippen LogP contribution < -0.4 is 20.1 Å². The molecule has 0 spiro atoms. The van der Waals surface area contributed by atoms with Gasteiger partial charge < -0.3 is 25.2 Å². The number of aliphatic hydroxyl groups excluding tert-OH is 1. The van der Waals surface area contributed by atoms with Gasteiger partial charge in [-0.3, -0.25) is 0 Å². The highest BCUT2D eigenvalue weighted by Gasteiger charge is 2.31. The molecule has 2 aromatic carbocycles. The highest BCUT2D eigenvalue weighted by molar-refractivity contribution is 5.66. The van der Waals surface area contributed by atoms with Crippen LogP contribution in [0.1, 0.15) is 5.56 Å². The summed E-state index contributed by atoms with van der Waals surface area (Å²) in [5.74, 6) is 1.02. The Bertz CT molecular complexity index is 1020. The number of rotatable bonds is 9. The van der Waals surface area contributed by atoms with E-state index in [4.69, 9.17) is 9.84 Å². The number of benzene rings is 2. The topological polar surface area (TPSA) is 88.5 Å².